The van der Waals surface area contributed by atoms with Gasteiger partial charge in [-0.3, -0.25) is 14.7 Å². The smallest absolute Gasteiger partial charge is 0.238 e. The quantitative estimate of drug-likeness (QED) is 0.843. The summed E-state index contributed by atoms with van der Waals surface area (Å²) in [6.07, 6.45) is 3.66. The van der Waals surface area contributed by atoms with E-state index in [0.29, 0.717) is 12.5 Å². The van der Waals surface area contributed by atoms with Crippen molar-refractivity contribution in [3.8, 4) is 0 Å². The molecule has 0 aliphatic carbocycles. The van der Waals surface area contributed by atoms with Gasteiger partial charge in [-0.1, -0.05) is 38.1 Å². The van der Waals surface area contributed by atoms with Gasteiger partial charge >= 0.3 is 0 Å². The highest BCUT2D eigenvalue weighted by molar-refractivity contribution is 5.93. The average molecular weight is 375 g/mol. The summed E-state index contributed by atoms with van der Waals surface area (Å²) in [4.78, 5) is 19.1. The summed E-state index contributed by atoms with van der Waals surface area (Å²) in [5.74, 6) is 0.405. The summed E-state index contributed by atoms with van der Waals surface area (Å²) in [5, 5.41) is 6.50. The van der Waals surface area contributed by atoms with Gasteiger partial charge in [-0.25, -0.2) is 0 Å². The number of amides is 1. The molecule has 0 radical (unpaired) electrons. The molecule has 1 aromatic heterocycles. The Balaban J connectivity index is 0.00000243. The Kier molecular flexibility index (Phi) is 7.57. The van der Waals surface area contributed by atoms with Crippen LogP contribution in [0.15, 0.2) is 48.8 Å². The van der Waals surface area contributed by atoms with Gasteiger partial charge in [-0.2, -0.15) is 0 Å². The first-order valence-electron chi connectivity index (χ1n) is 8.88. The fourth-order valence-corrected chi connectivity index (χ4v) is 3.33. The minimum atomic E-state index is 0. The van der Waals surface area contributed by atoms with Crippen LogP contribution in [-0.4, -0.2) is 42.0 Å². The fourth-order valence-electron chi connectivity index (χ4n) is 3.33. The molecular formula is C20H27ClN4O. The van der Waals surface area contributed by atoms with Gasteiger partial charge in [0.1, 0.15) is 0 Å². The summed E-state index contributed by atoms with van der Waals surface area (Å²) in [6.45, 7) is 7.24. The molecule has 3 rings (SSSR count). The van der Waals surface area contributed by atoms with Crippen LogP contribution in [0.5, 0.6) is 0 Å². The van der Waals surface area contributed by atoms with E-state index in [9.17, 15) is 4.79 Å². The number of nitrogens with one attached hydrogen (secondary N) is 2. The van der Waals surface area contributed by atoms with Crippen molar-refractivity contribution >= 4 is 24.0 Å². The number of benzene rings is 1. The Labute approximate surface area is 161 Å². The van der Waals surface area contributed by atoms with E-state index in [1.54, 1.807) is 6.20 Å². The number of hydrogen-bond donors (Lipinski definition) is 2. The number of anilines is 1. The molecule has 5 nitrogen and oxygen atoms in total. The lowest BCUT2D eigenvalue weighted by Gasteiger charge is -2.35. The minimum Gasteiger partial charge on any atom is -0.325 e. The molecular weight excluding hydrogens is 348 g/mol. The maximum atomic E-state index is 12.6. The number of para-hydroxylation sites is 1. The minimum absolute atomic E-state index is 0. The van der Waals surface area contributed by atoms with Gasteiger partial charge in [0.05, 0.1) is 6.54 Å². The van der Waals surface area contributed by atoms with Gasteiger partial charge in [0.2, 0.25) is 5.91 Å². The lowest BCUT2D eigenvalue weighted by molar-refractivity contribution is -0.118. The van der Waals surface area contributed by atoms with Crippen LogP contribution < -0.4 is 10.6 Å². The van der Waals surface area contributed by atoms with Crippen LogP contribution >= 0.6 is 12.4 Å². The third-order valence-corrected chi connectivity index (χ3v) is 4.63. The van der Waals surface area contributed by atoms with E-state index in [0.717, 1.165) is 30.9 Å². The molecule has 1 atom stereocenters. The van der Waals surface area contributed by atoms with Crippen molar-refractivity contribution in [2.75, 3.05) is 31.5 Å². The largest absolute Gasteiger partial charge is 0.325 e. The van der Waals surface area contributed by atoms with Crippen LogP contribution in [-0.2, 0) is 4.79 Å². The van der Waals surface area contributed by atoms with Crippen molar-refractivity contribution < 1.29 is 4.79 Å². The Hall–Kier alpha value is -1.95. The Morgan fingerprint density at radius 2 is 2.12 bits per heavy atom. The molecule has 6 heteroatoms. The highest BCUT2D eigenvalue weighted by Gasteiger charge is 2.25. The molecule has 0 bridgehead atoms. The van der Waals surface area contributed by atoms with E-state index in [-0.39, 0.29) is 24.4 Å². The predicted octanol–water partition coefficient (Wildman–Crippen LogP) is 3.21. The first-order chi connectivity index (χ1) is 12.1. The van der Waals surface area contributed by atoms with E-state index < -0.39 is 0 Å². The number of nitrogens with zero attached hydrogens (tertiary/aromatic N) is 2. The Morgan fingerprint density at radius 1 is 1.31 bits per heavy atom. The number of carbonyl (C=O) groups is 1. The third-order valence-electron chi connectivity index (χ3n) is 4.63. The number of aromatic nitrogens is 1. The molecule has 1 fully saturated rings. The SMILES string of the molecule is CC(C)c1ccccc1NC(=O)CN1CCNCC1c1cccnc1.Cl. The molecule has 2 heterocycles. The second-order valence-electron chi connectivity index (χ2n) is 6.77. The average Bonchev–Trinajstić information content (AvgIpc) is 2.63. The number of rotatable bonds is 5. The van der Waals surface area contributed by atoms with Crippen LogP contribution in [0.25, 0.3) is 0 Å². The third kappa shape index (κ3) is 5.04. The standard InChI is InChI=1S/C20H26N4O.ClH/c1-15(2)17-7-3-4-8-18(17)23-20(25)14-24-11-10-22-13-19(24)16-6-5-9-21-12-16;/h3-9,12,15,19,22H,10-11,13-14H2,1-2H3,(H,23,25);1H. The lowest BCUT2D eigenvalue weighted by Crippen LogP contribution is -2.48. The van der Waals surface area contributed by atoms with Gasteiger partial charge < -0.3 is 10.6 Å². The number of pyridine rings is 1. The van der Waals surface area contributed by atoms with Crippen LogP contribution in [0.4, 0.5) is 5.69 Å². The van der Waals surface area contributed by atoms with Gasteiger partial charge in [0.15, 0.2) is 0 Å². The van der Waals surface area contributed by atoms with E-state index in [4.69, 9.17) is 0 Å². The van der Waals surface area contributed by atoms with Crippen molar-refractivity contribution in [3.63, 3.8) is 0 Å². The maximum absolute atomic E-state index is 12.6. The van der Waals surface area contributed by atoms with Crippen molar-refractivity contribution in [2.24, 2.45) is 0 Å². The monoisotopic (exact) mass is 374 g/mol. The molecule has 140 valence electrons. The summed E-state index contributed by atoms with van der Waals surface area (Å²) < 4.78 is 0. The second kappa shape index (κ2) is 9.67. The molecule has 0 spiro atoms. The van der Waals surface area contributed by atoms with E-state index >= 15 is 0 Å². The molecule has 1 unspecified atom stereocenters. The highest BCUT2D eigenvalue weighted by Crippen LogP contribution is 2.24. The van der Waals surface area contributed by atoms with E-state index in [1.165, 1.54) is 5.56 Å². The molecule has 0 saturated carbocycles. The highest BCUT2D eigenvalue weighted by atomic mass is 35.5. The van der Waals surface area contributed by atoms with Crippen LogP contribution in [0.3, 0.4) is 0 Å². The van der Waals surface area contributed by atoms with Crippen LogP contribution in [0, 0.1) is 0 Å². The maximum Gasteiger partial charge on any atom is 0.238 e. The summed E-state index contributed by atoms with van der Waals surface area (Å²) in [6, 6.07) is 12.2. The Bertz CT molecular complexity index is 708. The van der Waals surface area contributed by atoms with Crippen LogP contribution in [0.1, 0.15) is 36.9 Å². The molecule has 2 aromatic rings. The molecule has 26 heavy (non-hydrogen) atoms. The lowest BCUT2D eigenvalue weighted by atomic mass is 10.0. The van der Waals surface area contributed by atoms with Gasteiger partial charge in [0, 0.05) is 43.8 Å². The molecule has 1 aromatic carbocycles. The van der Waals surface area contributed by atoms with E-state index in [1.807, 2.05) is 30.5 Å². The van der Waals surface area contributed by atoms with Gasteiger partial charge in [-0.15, -0.1) is 12.4 Å². The topological polar surface area (TPSA) is 57.3 Å². The number of piperazine rings is 1. The zero-order valence-electron chi connectivity index (χ0n) is 15.3. The molecule has 1 saturated heterocycles. The molecule has 2 N–H and O–H groups in total. The van der Waals surface area contributed by atoms with Crippen molar-refractivity contribution in [2.45, 2.75) is 25.8 Å². The first kappa shape index (κ1) is 20.4. The van der Waals surface area contributed by atoms with Crippen molar-refractivity contribution in [1.29, 1.82) is 0 Å². The fraction of sp³-hybridized carbons (Fsp3) is 0.400. The molecule has 1 amide bonds. The summed E-state index contributed by atoms with van der Waals surface area (Å²) in [5.41, 5.74) is 3.22. The summed E-state index contributed by atoms with van der Waals surface area (Å²) >= 11 is 0. The molecule has 1 aliphatic rings. The van der Waals surface area contributed by atoms with Crippen molar-refractivity contribution in [1.82, 2.24) is 15.2 Å². The first-order valence-corrected chi connectivity index (χ1v) is 8.88. The van der Waals surface area contributed by atoms with Gasteiger partial charge in [-0.05, 0) is 29.2 Å². The zero-order valence-corrected chi connectivity index (χ0v) is 16.1. The number of carbonyl (C=O) groups excluding carboxylic acids is 1. The zero-order chi connectivity index (χ0) is 17.6. The number of halogens is 1. The van der Waals surface area contributed by atoms with E-state index in [2.05, 4.69) is 46.5 Å². The van der Waals surface area contributed by atoms with Crippen LogP contribution in [0.2, 0.25) is 0 Å². The second-order valence-corrected chi connectivity index (χ2v) is 6.77. The van der Waals surface area contributed by atoms with Crippen molar-refractivity contribution in [3.05, 3.63) is 59.9 Å². The Morgan fingerprint density at radius 3 is 2.85 bits per heavy atom. The van der Waals surface area contributed by atoms with Gasteiger partial charge in [0.25, 0.3) is 0 Å². The predicted molar refractivity (Wildman–Crippen MR) is 108 cm³/mol. The number of hydrogen-bond acceptors (Lipinski definition) is 4. The molecule has 1 aliphatic heterocycles. The normalized spacial score (nSPS) is 17.6. The summed E-state index contributed by atoms with van der Waals surface area (Å²) in [7, 11) is 0.